The van der Waals surface area contributed by atoms with Crippen molar-refractivity contribution < 1.29 is 13.0 Å². The van der Waals surface area contributed by atoms with Crippen molar-refractivity contribution in [3.8, 4) is 11.5 Å². The third-order valence-electron chi connectivity index (χ3n) is 7.21. The second kappa shape index (κ2) is 9.24. The molecule has 1 saturated heterocycles. The molecule has 1 aliphatic rings. The molecule has 1 aromatic carbocycles. The van der Waals surface area contributed by atoms with Crippen molar-refractivity contribution >= 4 is 38.0 Å². The fraction of sp³-hybridized carbons (Fsp3) is 0.320. The summed E-state index contributed by atoms with van der Waals surface area (Å²) in [7, 11) is -1.27. The highest BCUT2D eigenvalue weighted by molar-refractivity contribution is 7.91. The lowest BCUT2D eigenvalue weighted by molar-refractivity contribution is 0.247. The van der Waals surface area contributed by atoms with Crippen LogP contribution in [0.25, 0.3) is 28.1 Å². The van der Waals surface area contributed by atoms with E-state index in [1.54, 1.807) is 46.7 Å². The van der Waals surface area contributed by atoms with Gasteiger partial charge in [-0.05, 0) is 36.4 Å². The van der Waals surface area contributed by atoms with E-state index in [9.17, 15) is 13.4 Å². The highest BCUT2D eigenvalue weighted by Gasteiger charge is 2.23. The van der Waals surface area contributed by atoms with Gasteiger partial charge in [-0.2, -0.15) is 14.6 Å². The van der Waals surface area contributed by atoms with Crippen LogP contribution in [0.4, 0.5) is 16.0 Å². The molecule has 39 heavy (non-hydrogen) atoms. The monoisotopic (exact) mass is 553 g/mol. The van der Waals surface area contributed by atoms with Gasteiger partial charge in [0, 0.05) is 57.5 Å². The Labute approximate surface area is 223 Å². The van der Waals surface area contributed by atoms with Crippen molar-refractivity contribution in [2.45, 2.75) is 11.4 Å². The topological polar surface area (TPSA) is 144 Å². The molecule has 1 aliphatic heterocycles. The minimum absolute atomic E-state index is 0.167. The van der Waals surface area contributed by atoms with Gasteiger partial charge in [0.15, 0.2) is 11.4 Å². The Balaban J connectivity index is 1.20. The zero-order chi connectivity index (χ0) is 27.5. The zero-order valence-electron chi connectivity index (χ0n) is 21.5. The number of nitrogens with two attached hydrogens (primary N) is 1. The van der Waals surface area contributed by atoms with E-state index in [1.807, 2.05) is 11.0 Å². The number of fused-ring (bicyclic) bond motifs is 3. The second-order valence-corrected chi connectivity index (χ2v) is 11.9. The van der Waals surface area contributed by atoms with Crippen molar-refractivity contribution in [2.75, 3.05) is 49.6 Å². The average molecular weight is 554 g/mol. The van der Waals surface area contributed by atoms with E-state index in [0.29, 0.717) is 73.1 Å². The van der Waals surface area contributed by atoms with Crippen molar-refractivity contribution in [2.24, 2.45) is 7.05 Å². The van der Waals surface area contributed by atoms with Crippen LogP contribution in [0.1, 0.15) is 0 Å². The highest BCUT2D eigenvalue weighted by Crippen LogP contribution is 2.27. The minimum atomic E-state index is -2.98. The van der Waals surface area contributed by atoms with Gasteiger partial charge in [-0.25, -0.2) is 18.2 Å². The van der Waals surface area contributed by atoms with Gasteiger partial charge >= 0.3 is 5.69 Å². The first-order valence-corrected chi connectivity index (χ1v) is 14.4. The molecule has 0 radical (unpaired) electrons. The first-order valence-electron chi connectivity index (χ1n) is 12.4. The summed E-state index contributed by atoms with van der Waals surface area (Å²) >= 11 is 0. The van der Waals surface area contributed by atoms with Crippen LogP contribution in [0.5, 0.6) is 0 Å². The number of hydrogen-bond donors (Lipinski definition) is 2. The second-order valence-electron chi connectivity index (χ2n) is 9.72. The van der Waals surface area contributed by atoms with Gasteiger partial charge < -0.3 is 15.1 Å². The predicted octanol–water partition coefficient (Wildman–Crippen LogP) is 2.22. The summed E-state index contributed by atoms with van der Waals surface area (Å²) in [5, 5.41) is 4.51. The Kier molecular flexibility index (Phi) is 5.95. The third-order valence-corrected chi connectivity index (χ3v) is 8.36. The minimum Gasteiger partial charge on any atom is -0.463 e. The maximum atomic E-state index is 14.7. The number of nitrogen functional groups attached to an aromatic ring is 1. The number of halogens is 1. The highest BCUT2D eigenvalue weighted by atomic mass is 32.2. The van der Waals surface area contributed by atoms with Gasteiger partial charge in [-0.15, -0.1) is 0 Å². The smallest absolute Gasteiger partial charge is 0.330 e. The van der Waals surface area contributed by atoms with Crippen LogP contribution >= 0.6 is 0 Å². The van der Waals surface area contributed by atoms with Gasteiger partial charge in [0.25, 0.3) is 0 Å². The molecule has 1 unspecified atom stereocenters. The Hall–Kier alpha value is -4.17. The number of benzene rings is 1. The zero-order valence-corrected chi connectivity index (χ0v) is 22.3. The SMILES string of the molecule is Cn1c(=O)n(CCN2CCN(c3ccc(S(C)(=N)=O)cc3F)CC2)c2nc(N)n3nc(-c4ccco4)cc3c21. The van der Waals surface area contributed by atoms with Crippen LogP contribution in [0.2, 0.25) is 0 Å². The van der Waals surface area contributed by atoms with Gasteiger partial charge in [-0.3, -0.25) is 14.0 Å². The van der Waals surface area contributed by atoms with E-state index in [4.69, 9.17) is 14.9 Å². The molecule has 0 bridgehead atoms. The summed E-state index contributed by atoms with van der Waals surface area (Å²) in [4.78, 5) is 22.1. The molecule has 12 nitrogen and oxygen atoms in total. The summed E-state index contributed by atoms with van der Waals surface area (Å²) in [6.07, 6.45) is 2.85. The van der Waals surface area contributed by atoms with Crippen molar-refractivity contribution in [1.82, 2.24) is 28.6 Å². The van der Waals surface area contributed by atoms with Crippen LogP contribution in [-0.2, 0) is 23.3 Å². The molecule has 0 spiro atoms. The predicted molar refractivity (Wildman–Crippen MR) is 146 cm³/mol. The molecule has 0 amide bonds. The Bertz CT molecular complexity index is 1860. The van der Waals surface area contributed by atoms with Crippen LogP contribution in [0.15, 0.2) is 56.8 Å². The van der Waals surface area contributed by atoms with E-state index in [2.05, 4.69) is 15.0 Å². The average Bonchev–Trinajstić information content (AvgIpc) is 3.63. The Morgan fingerprint density at radius 1 is 1.15 bits per heavy atom. The van der Waals surface area contributed by atoms with Gasteiger partial charge in [0.2, 0.25) is 5.95 Å². The fourth-order valence-electron chi connectivity index (χ4n) is 5.11. The number of aryl methyl sites for hydroxylation is 1. The summed E-state index contributed by atoms with van der Waals surface area (Å²) in [5.41, 5.74) is 8.84. The first-order chi connectivity index (χ1) is 18.6. The molecule has 14 heteroatoms. The maximum Gasteiger partial charge on any atom is 0.330 e. The molecule has 1 atom stereocenters. The molecule has 5 aromatic rings. The molecule has 5 heterocycles. The van der Waals surface area contributed by atoms with E-state index >= 15 is 0 Å². The quantitative estimate of drug-likeness (QED) is 0.326. The fourth-order valence-corrected chi connectivity index (χ4v) is 5.77. The maximum absolute atomic E-state index is 14.7. The van der Waals surface area contributed by atoms with Gasteiger partial charge in [0.05, 0.1) is 27.2 Å². The van der Waals surface area contributed by atoms with E-state index in [-0.39, 0.29) is 16.5 Å². The van der Waals surface area contributed by atoms with E-state index < -0.39 is 15.5 Å². The van der Waals surface area contributed by atoms with E-state index in [1.165, 1.54) is 16.8 Å². The number of piperazine rings is 1. The molecule has 1 fully saturated rings. The lowest BCUT2D eigenvalue weighted by Crippen LogP contribution is -2.47. The molecule has 4 aromatic heterocycles. The lowest BCUT2D eigenvalue weighted by Gasteiger charge is -2.36. The number of nitrogens with one attached hydrogen (secondary N) is 1. The summed E-state index contributed by atoms with van der Waals surface area (Å²) in [5.74, 6) is 0.280. The first kappa shape index (κ1) is 25.1. The van der Waals surface area contributed by atoms with Crippen molar-refractivity contribution in [3.63, 3.8) is 0 Å². The van der Waals surface area contributed by atoms with Crippen LogP contribution in [0, 0.1) is 10.6 Å². The normalized spacial score (nSPS) is 16.3. The Morgan fingerprint density at radius 3 is 2.59 bits per heavy atom. The number of furan rings is 1. The summed E-state index contributed by atoms with van der Waals surface area (Å²) in [6.45, 7) is 3.57. The molecule has 0 saturated carbocycles. The number of rotatable bonds is 6. The summed E-state index contributed by atoms with van der Waals surface area (Å²) in [6, 6.07) is 9.75. The number of hydrogen-bond acceptors (Lipinski definition) is 9. The number of imidazole rings is 1. The van der Waals surface area contributed by atoms with Crippen LogP contribution in [-0.4, -0.2) is 71.8 Å². The number of anilines is 2. The lowest BCUT2D eigenvalue weighted by atomic mass is 10.2. The number of nitrogens with zero attached hydrogens (tertiary/aromatic N) is 7. The van der Waals surface area contributed by atoms with Crippen molar-refractivity contribution in [1.29, 1.82) is 4.78 Å². The summed E-state index contributed by atoms with van der Waals surface area (Å²) < 4.78 is 44.5. The number of aromatic nitrogens is 5. The van der Waals surface area contributed by atoms with Crippen LogP contribution in [0.3, 0.4) is 0 Å². The molecule has 3 N–H and O–H groups in total. The molecular formula is C25H28FN9O3S. The van der Waals surface area contributed by atoms with E-state index in [0.717, 1.165) is 0 Å². The Morgan fingerprint density at radius 2 is 1.92 bits per heavy atom. The molecular weight excluding hydrogens is 525 g/mol. The molecule has 0 aliphatic carbocycles. The molecule has 6 rings (SSSR count). The largest absolute Gasteiger partial charge is 0.463 e. The van der Waals surface area contributed by atoms with Crippen LogP contribution < -0.4 is 16.3 Å². The van der Waals surface area contributed by atoms with Crippen molar-refractivity contribution in [3.05, 3.63) is 59.0 Å². The third kappa shape index (κ3) is 4.34. The standard InChI is InChI=1S/C25H28FN9O3S/c1-31-22-20-15-18(21-4-3-13-38-21)30-35(20)24(27)29-23(22)34(25(31)36)12-9-32-7-10-33(11-8-32)19-6-5-16(14-17(19)26)39(2,28)37/h3-6,13-15,28H,7-12H2,1-2H3,(H2,27,29). The van der Waals surface area contributed by atoms with Gasteiger partial charge in [0.1, 0.15) is 17.0 Å². The molecule has 204 valence electrons. The van der Waals surface area contributed by atoms with Gasteiger partial charge in [-0.1, -0.05) is 0 Å².